The lowest BCUT2D eigenvalue weighted by atomic mass is 10.1. The molecular formula is C13H22N4O4. The average Bonchev–Trinajstić information content (AvgIpc) is 2.49. The minimum atomic E-state index is -0.418. The van der Waals surface area contributed by atoms with Gasteiger partial charge in [0.05, 0.1) is 23.8 Å². The Labute approximate surface area is 123 Å². The Hall–Kier alpha value is -1.74. The summed E-state index contributed by atoms with van der Waals surface area (Å²) in [6.07, 6.45) is 0. The number of nitro benzene ring substituents is 1. The van der Waals surface area contributed by atoms with Gasteiger partial charge in [0.2, 0.25) is 0 Å². The molecule has 8 nitrogen and oxygen atoms in total. The molecule has 0 amide bonds. The van der Waals surface area contributed by atoms with E-state index >= 15 is 0 Å². The molecule has 0 saturated carbocycles. The smallest absolute Gasteiger partial charge is 0.269 e. The largest absolute Gasteiger partial charge is 0.383 e. The Balaban J connectivity index is 2.88. The molecule has 8 heteroatoms. The number of nitrogens with one attached hydrogen (secondary N) is 1. The summed E-state index contributed by atoms with van der Waals surface area (Å²) < 4.78 is 10.2. The molecule has 0 heterocycles. The van der Waals surface area contributed by atoms with Crippen LogP contribution in [0, 0.1) is 10.1 Å². The third-order valence-corrected chi connectivity index (χ3v) is 3.07. The van der Waals surface area contributed by atoms with Gasteiger partial charge in [-0.3, -0.25) is 20.9 Å². The molecule has 0 aliphatic carbocycles. The van der Waals surface area contributed by atoms with Crippen LogP contribution < -0.4 is 11.3 Å². The molecule has 0 radical (unpaired) electrons. The number of nitrogens with zero attached hydrogens (tertiary/aromatic N) is 2. The second-order valence-electron chi connectivity index (χ2n) is 4.50. The maximum Gasteiger partial charge on any atom is 0.269 e. The standard InChI is InChI=1S/C13H22N4O4/c1-20-7-5-16(6-8-21-2)10-11-9-12(17(18)19)3-4-13(11)15-14/h3-4,9,15H,5-8,10,14H2,1-2H3. The molecule has 0 aromatic heterocycles. The van der Waals surface area contributed by atoms with Crippen LogP contribution >= 0.6 is 0 Å². The molecule has 1 aromatic carbocycles. The van der Waals surface area contributed by atoms with Gasteiger partial charge in [-0.25, -0.2) is 0 Å². The molecular weight excluding hydrogens is 276 g/mol. The Morgan fingerprint density at radius 3 is 2.38 bits per heavy atom. The zero-order valence-electron chi connectivity index (χ0n) is 12.4. The van der Waals surface area contributed by atoms with Gasteiger partial charge in [0.1, 0.15) is 0 Å². The topological polar surface area (TPSA) is 103 Å². The van der Waals surface area contributed by atoms with E-state index in [1.54, 1.807) is 20.3 Å². The van der Waals surface area contributed by atoms with Crippen LogP contribution in [-0.4, -0.2) is 50.3 Å². The lowest BCUT2D eigenvalue weighted by molar-refractivity contribution is -0.384. The fraction of sp³-hybridized carbons (Fsp3) is 0.538. The maximum atomic E-state index is 10.9. The average molecular weight is 298 g/mol. The first-order chi connectivity index (χ1) is 10.1. The molecule has 0 unspecified atom stereocenters. The molecule has 0 aliphatic heterocycles. The van der Waals surface area contributed by atoms with E-state index in [1.807, 2.05) is 0 Å². The Kier molecular flexibility index (Phi) is 7.62. The van der Waals surface area contributed by atoms with Gasteiger partial charge in [0, 0.05) is 46.0 Å². The zero-order chi connectivity index (χ0) is 15.7. The number of hydrogen-bond donors (Lipinski definition) is 2. The molecule has 21 heavy (non-hydrogen) atoms. The molecule has 0 spiro atoms. The fourth-order valence-electron chi connectivity index (χ4n) is 1.92. The van der Waals surface area contributed by atoms with Crippen LogP contribution in [0.5, 0.6) is 0 Å². The number of hydrogen-bond acceptors (Lipinski definition) is 7. The highest BCUT2D eigenvalue weighted by molar-refractivity contribution is 5.55. The first-order valence-corrected chi connectivity index (χ1v) is 6.56. The van der Waals surface area contributed by atoms with Crippen molar-refractivity contribution >= 4 is 11.4 Å². The summed E-state index contributed by atoms with van der Waals surface area (Å²) >= 11 is 0. The number of nitrogen functional groups attached to an aromatic ring is 1. The zero-order valence-corrected chi connectivity index (χ0v) is 12.4. The summed E-state index contributed by atoms with van der Waals surface area (Å²) in [5.74, 6) is 5.47. The summed E-state index contributed by atoms with van der Waals surface area (Å²) in [5, 5.41) is 10.9. The predicted octanol–water partition coefficient (Wildman–Crippen LogP) is 0.975. The van der Waals surface area contributed by atoms with Crippen molar-refractivity contribution < 1.29 is 14.4 Å². The number of hydrazine groups is 1. The van der Waals surface area contributed by atoms with Gasteiger partial charge in [-0.2, -0.15) is 0 Å². The second-order valence-corrected chi connectivity index (χ2v) is 4.50. The van der Waals surface area contributed by atoms with Crippen LogP contribution in [0.15, 0.2) is 18.2 Å². The van der Waals surface area contributed by atoms with Crippen molar-refractivity contribution in [1.29, 1.82) is 0 Å². The lowest BCUT2D eigenvalue weighted by Gasteiger charge is -2.22. The Morgan fingerprint density at radius 1 is 1.29 bits per heavy atom. The molecule has 3 N–H and O–H groups in total. The van der Waals surface area contributed by atoms with Crippen molar-refractivity contribution in [3.63, 3.8) is 0 Å². The van der Waals surface area contributed by atoms with Crippen molar-refractivity contribution in [2.45, 2.75) is 6.54 Å². The van der Waals surface area contributed by atoms with Gasteiger partial charge in [0.25, 0.3) is 5.69 Å². The van der Waals surface area contributed by atoms with Gasteiger partial charge in [-0.1, -0.05) is 0 Å². The molecule has 0 fully saturated rings. The molecule has 118 valence electrons. The first kappa shape index (κ1) is 17.3. The predicted molar refractivity (Wildman–Crippen MR) is 79.9 cm³/mol. The van der Waals surface area contributed by atoms with Gasteiger partial charge in [0.15, 0.2) is 0 Å². The van der Waals surface area contributed by atoms with Gasteiger partial charge in [-0.15, -0.1) is 0 Å². The lowest BCUT2D eigenvalue weighted by Crippen LogP contribution is -2.30. The van der Waals surface area contributed by atoms with Crippen molar-refractivity contribution in [3.8, 4) is 0 Å². The third kappa shape index (κ3) is 5.64. The van der Waals surface area contributed by atoms with Crippen molar-refractivity contribution in [2.75, 3.05) is 45.9 Å². The minimum Gasteiger partial charge on any atom is -0.383 e. The molecule has 0 atom stereocenters. The fourth-order valence-corrected chi connectivity index (χ4v) is 1.92. The highest BCUT2D eigenvalue weighted by atomic mass is 16.6. The van der Waals surface area contributed by atoms with Gasteiger partial charge < -0.3 is 14.9 Å². The van der Waals surface area contributed by atoms with E-state index in [-0.39, 0.29) is 5.69 Å². The third-order valence-electron chi connectivity index (χ3n) is 3.07. The quantitative estimate of drug-likeness (QED) is 0.377. The monoisotopic (exact) mass is 298 g/mol. The highest BCUT2D eigenvalue weighted by Crippen LogP contribution is 2.22. The minimum absolute atomic E-state index is 0.0439. The van der Waals surface area contributed by atoms with Crippen molar-refractivity contribution in [2.24, 2.45) is 5.84 Å². The van der Waals surface area contributed by atoms with Gasteiger partial charge in [-0.05, 0) is 11.6 Å². The number of ether oxygens (including phenoxy) is 2. The van der Waals surface area contributed by atoms with E-state index in [0.717, 1.165) is 5.56 Å². The Bertz CT molecular complexity index is 448. The second kappa shape index (κ2) is 9.24. The first-order valence-electron chi connectivity index (χ1n) is 6.56. The normalized spacial score (nSPS) is 10.9. The summed E-state index contributed by atoms with van der Waals surface area (Å²) in [7, 11) is 3.27. The SMILES string of the molecule is COCCN(CCOC)Cc1cc([N+](=O)[O-])ccc1NN. The molecule has 0 saturated heterocycles. The van der Waals surface area contributed by atoms with E-state index in [1.165, 1.54) is 12.1 Å². The summed E-state index contributed by atoms with van der Waals surface area (Å²) in [4.78, 5) is 12.6. The molecule has 0 aliphatic rings. The number of rotatable bonds is 10. The van der Waals surface area contributed by atoms with Crippen molar-refractivity contribution in [1.82, 2.24) is 4.90 Å². The summed E-state index contributed by atoms with van der Waals surface area (Å²) in [6.45, 7) is 3.07. The number of anilines is 1. The number of benzene rings is 1. The van der Waals surface area contributed by atoms with Crippen LogP contribution in [0.4, 0.5) is 11.4 Å². The number of methoxy groups -OCH3 is 2. The summed E-state index contributed by atoms with van der Waals surface area (Å²) in [6, 6.07) is 4.56. The number of non-ortho nitro benzene ring substituents is 1. The molecule has 1 aromatic rings. The van der Waals surface area contributed by atoms with Crippen LogP contribution in [0.25, 0.3) is 0 Å². The van der Waals surface area contributed by atoms with Crippen LogP contribution in [-0.2, 0) is 16.0 Å². The van der Waals surface area contributed by atoms with Crippen LogP contribution in [0.1, 0.15) is 5.56 Å². The molecule has 0 bridgehead atoms. The van der Waals surface area contributed by atoms with E-state index in [0.29, 0.717) is 38.5 Å². The van der Waals surface area contributed by atoms with Gasteiger partial charge >= 0.3 is 0 Å². The van der Waals surface area contributed by atoms with E-state index < -0.39 is 4.92 Å². The number of nitrogens with two attached hydrogens (primary N) is 1. The van der Waals surface area contributed by atoms with Crippen LogP contribution in [0.2, 0.25) is 0 Å². The summed E-state index contributed by atoms with van der Waals surface area (Å²) in [5.41, 5.74) is 4.04. The van der Waals surface area contributed by atoms with E-state index in [2.05, 4.69) is 10.3 Å². The maximum absolute atomic E-state index is 10.9. The van der Waals surface area contributed by atoms with Crippen molar-refractivity contribution in [3.05, 3.63) is 33.9 Å². The van der Waals surface area contributed by atoms with E-state index in [4.69, 9.17) is 15.3 Å². The Morgan fingerprint density at radius 2 is 1.90 bits per heavy atom. The van der Waals surface area contributed by atoms with Crippen LogP contribution in [0.3, 0.4) is 0 Å². The number of nitro groups is 1. The molecule has 1 rings (SSSR count). The highest BCUT2D eigenvalue weighted by Gasteiger charge is 2.13. The van der Waals surface area contributed by atoms with E-state index in [9.17, 15) is 10.1 Å².